The van der Waals surface area contributed by atoms with E-state index in [1.54, 1.807) is 0 Å². The number of hydrogen-bond donors (Lipinski definition) is 1. The molecule has 1 aromatic carbocycles. The van der Waals surface area contributed by atoms with Crippen molar-refractivity contribution >= 4 is 23.1 Å². The van der Waals surface area contributed by atoms with Crippen molar-refractivity contribution < 1.29 is 18.3 Å². The molecule has 0 aliphatic heterocycles. The maximum Gasteiger partial charge on any atom is 0.256 e. The second-order valence-corrected chi connectivity index (χ2v) is 4.65. The van der Waals surface area contributed by atoms with E-state index in [0.29, 0.717) is 19.1 Å². The van der Waals surface area contributed by atoms with E-state index in [0.717, 1.165) is 12.1 Å². The van der Waals surface area contributed by atoms with E-state index in [1.165, 1.54) is 12.0 Å². The molecule has 0 aliphatic carbocycles. The monoisotopic (exact) mass is 302 g/mol. The Morgan fingerprint density at radius 3 is 2.65 bits per heavy atom. The van der Waals surface area contributed by atoms with E-state index in [1.807, 2.05) is 0 Å². The maximum atomic E-state index is 13.6. The normalized spacial score (nSPS) is 10.3. The predicted molar refractivity (Wildman–Crippen MR) is 75.5 cm³/mol. The largest absolute Gasteiger partial charge is 0.393 e. The van der Waals surface area contributed by atoms with E-state index < -0.39 is 17.5 Å². The SMILES string of the molecule is COCCN(CCC(N)=S)C(=O)c1ccc(F)cc1F. The molecule has 0 heterocycles. The number of benzene rings is 1. The molecule has 0 radical (unpaired) electrons. The average Bonchev–Trinajstić information content (AvgIpc) is 2.38. The predicted octanol–water partition coefficient (Wildman–Crippen LogP) is 1.73. The van der Waals surface area contributed by atoms with Gasteiger partial charge >= 0.3 is 0 Å². The lowest BCUT2D eigenvalue weighted by molar-refractivity contribution is 0.0696. The first-order valence-corrected chi connectivity index (χ1v) is 6.38. The van der Waals surface area contributed by atoms with Crippen LogP contribution in [0.2, 0.25) is 0 Å². The number of amides is 1. The topological polar surface area (TPSA) is 55.6 Å². The van der Waals surface area contributed by atoms with Gasteiger partial charge in [0.05, 0.1) is 17.2 Å². The van der Waals surface area contributed by atoms with Crippen LogP contribution in [0.25, 0.3) is 0 Å². The molecule has 0 atom stereocenters. The highest BCUT2D eigenvalue weighted by atomic mass is 32.1. The van der Waals surface area contributed by atoms with E-state index in [4.69, 9.17) is 22.7 Å². The highest BCUT2D eigenvalue weighted by Gasteiger charge is 2.19. The Labute approximate surface area is 121 Å². The van der Waals surface area contributed by atoms with E-state index in [9.17, 15) is 13.6 Å². The summed E-state index contributed by atoms with van der Waals surface area (Å²) in [5.41, 5.74) is 5.21. The van der Waals surface area contributed by atoms with Crippen LogP contribution in [0.5, 0.6) is 0 Å². The van der Waals surface area contributed by atoms with Crippen molar-refractivity contribution in [1.29, 1.82) is 0 Å². The molecule has 0 unspecified atom stereocenters. The summed E-state index contributed by atoms with van der Waals surface area (Å²) in [6, 6.07) is 2.83. The van der Waals surface area contributed by atoms with Crippen LogP contribution < -0.4 is 5.73 Å². The molecule has 1 amide bonds. The van der Waals surface area contributed by atoms with Gasteiger partial charge in [0.15, 0.2) is 0 Å². The van der Waals surface area contributed by atoms with Gasteiger partial charge in [-0.2, -0.15) is 0 Å². The van der Waals surface area contributed by atoms with E-state index >= 15 is 0 Å². The minimum Gasteiger partial charge on any atom is -0.393 e. The zero-order valence-electron chi connectivity index (χ0n) is 11.1. The fraction of sp³-hybridized carbons (Fsp3) is 0.385. The molecule has 1 rings (SSSR count). The van der Waals surface area contributed by atoms with E-state index in [-0.39, 0.29) is 23.6 Å². The minimum atomic E-state index is -0.896. The summed E-state index contributed by atoms with van der Waals surface area (Å²) in [5, 5.41) is 0. The highest BCUT2D eigenvalue weighted by molar-refractivity contribution is 7.80. The molecule has 4 nitrogen and oxygen atoms in total. The van der Waals surface area contributed by atoms with Crippen molar-refractivity contribution in [2.24, 2.45) is 5.73 Å². The van der Waals surface area contributed by atoms with Crippen LogP contribution in [0, 0.1) is 11.6 Å². The van der Waals surface area contributed by atoms with Crippen LogP contribution in [0.15, 0.2) is 18.2 Å². The quantitative estimate of drug-likeness (QED) is 0.779. The van der Waals surface area contributed by atoms with Gasteiger partial charge in [-0.1, -0.05) is 12.2 Å². The standard InChI is InChI=1S/C13H16F2N2O2S/c1-19-7-6-17(5-4-12(16)20)13(18)10-3-2-9(14)8-11(10)15/h2-3,8H,4-7H2,1H3,(H2,16,20). The number of thiocarbonyl (C=S) groups is 1. The van der Waals surface area contributed by atoms with Crippen molar-refractivity contribution in [3.8, 4) is 0 Å². The summed E-state index contributed by atoms with van der Waals surface area (Å²) in [6.45, 7) is 0.828. The molecular weight excluding hydrogens is 286 g/mol. The molecule has 1 aromatic rings. The number of methoxy groups -OCH3 is 1. The van der Waals surface area contributed by atoms with Crippen molar-refractivity contribution in [2.45, 2.75) is 6.42 Å². The summed E-state index contributed by atoms with van der Waals surface area (Å²) >= 11 is 4.76. The first-order chi connectivity index (χ1) is 9.45. The number of rotatable bonds is 7. The lowest BCUT2D eigenvalue weighted by atomic mass is 10.1. The molecule has 110 valence electrons. The summed E-state index contributed by atoms with van der Waals surface area (Å²) in [4.78, 5) is 13.9. The van der Waals surface area contributed by atoms with Crippen LogP contribution in [0.1, 0.15) is 16.8 Å². The second-order valence-electron chi connectivity index (χ2n) is 4.13. The van der Waals surface area contributed by atoms with E-state index in [2.05, 4.69) is 0 Å². The molecule has 0 saturated heterocycles. The Balaban J connectivity index is 2.87. The second kappa shape index (κ2) is 7.86. The molecule has 7 heteroatoms. The number of carbonyl (C=O) groups is 1. The third kappa shape index (κ3) is 4.82. The third-order valence-electron chi connectivity index (χ3n) is 2.64. The van der Waals surface area contributed by atoms with Crippen LogP contribution in [0.4, 0.5) is 8.78 Å². The minimum absolute atomic E-state index is 0.189. The molecule has 2 N–H and O–H groups in total. The molecule has 20 heavy (non-hydrogen) atoms. The van der Waals surface area contributed by atoms with Gasteiger partial charge in [0.25, 0.3) is 5.91 Å². The van der Waals surface area contributed by atoms with Crippen molar-refractivity contribution in [2.75, 3.05) is 26.8 Å². The van der Waals surface area contributed by atoms with Gasteiger partial charge in [-0.3, -0.25) is 4.79 Å². The van der Waals surface area contributed by atoms with Crippen molar-refractivity contribution in [3.63, 3.8) is 0 Å². The molecule has 0 bridgehead atoms. The van der Waals surface area contributed by atoms with Gasteiger partial charge in [0.1, 0.15) is 11.6 Å². The van der Waals surface area contributed by atoms with Crippen molar-refractivity contribution in [1.82, 2.24) is 4.90 Å². The van der Waals surface area contributed by atoms with Gasteiger partial charge in [0.2, 0.25) is 0 Å². The smallest absolute Gasteiger partial charge is 0.256 e. The van der Waals surface area contributed by atoms with Gasteiger partial charge < -0.3 is 15.4 Å². The number of halogens is 2. The molecular formula is C13H16F2N2O2S. The van der Waals surface area contributed by atoms with Crippen LogP contribution in [-0.4, -0.2) is 42.6 Å². The zero-order valence-corrected chi connectivity index (χ0v) is 11.9. The van der Waals surface area contributed by atoms with Crippen LogP contribution in [-0.2, 0) is 4.74 Å². The summed E-state index contributed by atoms with van der Waals surface area (Å²) in [7, 11) is 1.49. The fourth-order valence-electron chi connectivity index (χ4n) is 1.59. The summed E-state index contributed by atoms with van der Waals surface area (Å²) < 4.78 is 31.4. The highest BCUT2D eigenvalue weighted by Crippen LogP contribution is 2.12. The lowest BCUT2D eigenvalue weighted by Gasteiger charge is -2.22. The van der Waals surface area contributed by atoms with Gasteiger partial charge in [-0.15, -0.1) is 0 Å². The van der Waals surface area contributed by atoms with Crippen molar-refractivity contribution in [3.05, 3.63) is 35.4 Å². The Morgan fingerprint density at radius 1 is 1.40 bits per heavy atom. The number of nitrogens with zero attached hydrogens (tertiary/aromatic N) is 1. The molecule has 0 fully saturated rings. The zero-order chi connectivity index (χ0) is 15.1. The first-order valence-electron chi connectivity index (χ1n) is 5.97. The number of hydrogen-bond acceptors (Lipinski definition) is 3. The van der Waals surface area contributed by atoms with Gasteiger partial charge in [-0.05, 0) is 12.1 Å². The number of ether oxygens (including phenoxy) is 1. The Kier molecular flexibility index (Phi) is 6.47. The first kappa shape index (κ1) is 16.5. The Bertz CT molecular complexity index is 497. The average molecular weight is 302 g/mol. The summed E-state index contributed by atoms with van der Waals surface area (Å²) in [6.07, 6.45) is 0.327. The molecule has 0 aromatic heterocycles. The van der Waals surface area contributed by atoms with Crippen LogP contribution >= 0.6 is 12.2 Å². The number of nitrogens with two attached hydrogens (primary N) is 1. The number of carbonyl (C=O) groups excluding carboxylic acids is 1. The molecule has 0 aliphatic rings. The molecule has 0 saturated carbocycles. The van der Waals surface area contributed by atoms with Crippen LogP contribution in [0.3, 0.4) is 0 Å². The summed E-state index contributed by atoms with van der Waals surface area (Å²) in [5.74, 6) is -2.17. The van der Waals surface area contributed by atoms with Gasteiger partial charge in [0, 0.05) is 32.7 Å². The fourth-order valence-corrected chi connectivity index (χ4v) is 1.69. The Hall–Kier alpha value is -1.60. The Morgan fingerprint density at radius 2 is 2.10 bits per heavy atom. The third-order valence-corrected chi connectivity index (χ3v) is 2.85. The maximum absolute atomic E-state index is 13.6. The molecule has 0 spiro atoms. The lowest BCUT2D eigenvalue weighted by Crippen LogP contribution is -2.36. The van der Waals surface area contributed by atoms with Gasteiger partial charge in [-0.25, -0.2) is 8.78 Å².